The summed E-state index contributed by atoms with van der Waals surface area (Å²) < 4.78 is 4.78. The molecule has 0 aromatic rings. The number of hydrogen-bond donors (Lipinski definition) is 1. The van der Waals surface area contributed by atoms with E-state index in [9.17, 15) is 4.79 Å². The fourth-order valence-electron chi connectivity index (χ4n) is 2.40. The van der Waals surface area contributed by atoms with Crippen molar-refractivity contribution >= 4 is 5.97 Å². The third kappa shape index (κ3) is 5.50. The number of hydrogen-bond acceptors (Lipinski definition) is 4. The van der Waals surface area contributed by atoms with E-state index in [0.717, 1.165) is 38.8 Å². The molecule has 17 heavy (non-hydrogen) atoms. The van der Waals surface area contributed by atoms with Gasteiger partial charge in [0.05, 0.1) is 13.0 Å². The second-order valence-corrected chi connectivity index (χ2v) is 5.18. The summed E-state index contributed by atoms with van der Waals surface area (Å²) in [7, 11) is 5.68. The number of methoxy groups -OCH3 is 1. The quantitative estimate of drug-likeness (QED) is 0.562. The SMILES string of the molecule is COC(=O)C1CCC(NCCCN(C)C)CC1. The van der Waals surface area contributed by atoms with E-state index in [-0.39, 0.29) is 11.9 Å². The van der Waals surface area contributed by atoms with Crippen LogP contribution in [0.5, 0.6) is 0 Å². The number of ether oxygens (including phenoxy) is 1. The predicted octanol–water partition coefficient (Wildman–Crippen LogP) is 1.26. The fourth-order valence-corrected chi connectivity index (χ4v) is 2.40. The zero-order valence-electron chi connectivity index (χ0n) is 11.4. The first kappa shape index (κ1) is 14.5. The summed E-state index contributed by atoms with van der Waals surface area (Å²) in [6, 6.07) is 0.595. The van der Waals surface area contributed by atoms with Gasteiger partial charge in [0, 0.05) is 6.04 Å². The first-order chi connectivity index (χ1) is 8.13. The molecule has 1 fully saturated rings. The maximum atomic E-state index is 11.4. The largest absolute Gasteiger partial charge is 0.469 e. The Bertz CT molecular complexity index is 223. The molecule has 0 spiro atoms. The molecular weight excluding hydrogens is 216 g/mol. The zero-order chi connectivity index (χ0) is 12.7. The average Bonchev–Trinajstić information content (AvgIpc) is 2.34. The molecule has 1 N–H and O–H groups in total. The summed E-state index contributed by atoms with van der Waals surface area (Å²) >= 11 is 0. The normalized spacial score (nSPS) is 24.9. The highest BCUT2D eigenvalue weighted by molar-refractivity contribution is 5.72. The minimum atomic E-state index is -0.0314. The van der Waals surface area contributed by atoms with Gasteiger partial charge in [0.2, 0.25) is 0 Å². The second-order valence-electron chi connectivity index (χ2n) is 5.18. The molecular formula is C13H26N2O2. The van der Waals surface area contributed by atoms with Gasteiger partial charge in [-0.05, 0) is 59.3 Å². The number of carbonyl (C=O) groups is 1. The van der Waals surface area contributed by atoms with Crippen LogP contribution in [0.4, 0.5) is 0 Å². The summed E-state index contributed by atoms with van der Waals surface area (Å²) in [5.74, 6) is 0.107. The summed E-state index contributed by atoms with van der Waals surface area (Å²) in [5, 5.41) is 3.58. The number of esters is 1. The Morgan fingerprint density at radius 2 is 1.94 bits per heavy atom. The van der Waals surface area contributed by atoms with E-state index >= 15 is 0 Å². The first-order valence-electron chi connectivity index (χ1n) is 6.59. The summed E-state index contributed by atoms with van der Waals surface area (Å²) in [5.41, 5.74) is 0. The van der Waals surface area contributed by atoms with Crippen LogP contribution in [0.3, 0.4) is 0 Å². The molecule has 0 unspecified atom stereocenters. The number of carbonyl (C=O) groups excluding carboxylic acids is 1. The minimum absolute atomic E-state index is 0.0314. The smallest absolute Gasteiger partial charge is 0.308 e. The van der Waals surface area contributed by atoms with E-state index in [1.165, 1.54) is 13.5 Å². The molecule has 0 atom stereocenters. The molecule has 0 radical (unpaired) electrons. The molecule has 1 aliphatic carbocycles. The number of rotatable bonds is 6. The lowest BCUT2D eigenvalue weighted by Gasteiger charge is -2.27. The van der Waals surface area contributed by atoms with E-state index in [2.05, 4.69) is 24.3 Å². The molecule has 0 amide bonds. The third-order valence-corrected chi connectivity index (χ3v) is 3.48. The summed E-state index contributed by atoms with van der Waals surface area (Å²) in [4.78, 5) is 13.6. The molecule has 1 aliphatic rings. The lowest BCUT2D eigenvalue weighted by atomic mass is 9.86. The molecule has 4 nitrogen and oxygen atoms in total. The van der Waals surface area contributed by atoms with Gasteiger partial charge in [-0.2, -0.15) is 0 Å². The van der Waals surface area contributed by atoms with Gasteiger partial charge in [-0.1, -0.05) is 0 Å². The Morgan fingerprint density at radius 1 is 1.29 bits per heavy atom. The average molecular weight is 242 g/mol. The van der Waals surface area contributed by atoms with Crippen molar-refractivity contribution in [3.8, 4) is 0 Å². The van der Waals surface area contributed by atoms with Crippen molar-refractivity contribution in [1.82, 2.24) is 10.2 Å². The van der Waals surface area contributed by atoms with Gasteiger partial charge in [0.15, 0.2) is 0 Å². The van der Waals surface area contributed by atoms with Crippen LogP contribution >= 0.6 is 0 Å². The van der Waals surface area contributed by atoms with Crippen LogP contribution in [0.15, 0.2) is 0 Å². The standard InChI is InChI=1S/C13H26N2O2/c1-15(2)10-4-9-14-12-7-5-11(6-8-12)13(16)17-3/h11-12,14H,4-10H2,1-3H3. The Morgan fingerprint density at radius 3 is 2.47 bits per heavy atom. The molecule has 1 saturated carbocycles. The molecule has 0 heterocycles. The van der Waals surface area contributed by atoms with E-state index in [1.807, 2.05) is 0 Å². The summed E-state index contributed by atoms with van der Waals surface area (Å²) in [6.07, 6.45) is 5.32. The molecule has 0 saturated heterocycles. The van der Waals surface area contributed by atoms with Crippen LogP contribution in [0, 0.1) is 5.92 Å². The van der Waals surface area contributed by atoms with Crippen LogP contribution in [-0.4, -0.2) is 51.2 Å². The molecule has 0 aromatic heterocycles. The predicted molar refractivity (Wildman–Crippen MR) is 68.9 cm³/mol. The number of nitrogens with one attached hydrogen (secondary N) is 1. The van der Waals surface area contributed by atoms with Gasteiger partial charge >= 0.3 is 5.97 Å². The highest BCUT2D eigenvalue weighted by Crippen LogP contribution is 2.25. The van der Waals surface area contributed by atoms with Crippen molar-refractivity contribution in [3.63, 3.8) is 0 Å². The van der Waals surface area contributed by atoms with E-state index in [0.29, 0.717) is 6.04 Å². The van der Waals surface area contributed by atoms with Crippen LogP contribution in [0.1, 0.15) is 32.1 Å². The molecule has 100 valence electrons. The van der Waals surface area contributed by atoms with Gasteiger partial charge < -0.3 is 15.0 Å². The Kier molecular flexibility index (Phi) is 6.52. The molecule has 1 rings (SSSR count). The lowest BCUT2D eigenvalue weighted by Crippen LogP contribution is -2.36. The monoisotopic (exact) mass is 242 g/mol. The Hall–Kier alpha value is -0.610. The van der Waals surface area contributed by atoms with E-state index < -0.39 is 0 Å². The molecule has 0 aromatic carbocycles. The van der Waals surface area contributed by atoms with Gasteiger partial charge in [0.25, 0.3) is 0 Å². The minimum Gasteiger partial charge on any atom is -0.469 e. The van der Waals surface area contributed by atoms with Crippen molar-refractivity contribution < 1.29 is 9.53 Å². The van der Waals surface area contributed by atoms with Gasteiger partial charge in [-0.25, -0.2) is 0 Å². The summed E-state index contributed by atoms with van der Waals surface area (Å²) in [6.45, 7) is 2.20. The topological polar surface area (TPSA) is 41.6 Å². The highest BCUT2D eigenvalue weighted by Gasteiger charge is 2.26. The van der Waals surface area contributed by atoms with E-state index in [1.54, 1.807) is 0 Å². The van der Waals surface area contributed by atoms with Crippen LogP contribution < -0.4 is 5.32 Å². The van der Waals surface area contributed by atoms with Crippen molar-refractivity contribution in [3.05, 3.63) is 0 Å². The van der Waals surface area contributed by atoms with Crippen molar-refractivity contribution in [1.29, 1.82) is 0 Å². The van der Waals surface area contributed by atoms with Crippen molar-refractivity contribution in [2.45, 2.75) is 38.1 Å². The van der Waals surface area contributed by atoms with Crippen LogP contribution in [-0.2, 0) is 9.53 Å². The van der Waals surface area contributed by atoms with Crippen molar-refractivity contribution in [2.75, 3.05) is 34.3 Å². The lowest BCUT2D eigenvalue weighted by molar-refractivity contribution is -0.146. The number of nitrogens with zero attached hydrogens (tertiary/aromatic N) is 1. The maximum Gasteiger partial charge on any atom is 0.308 e. The van der Waals surface area contributed by atoms with Crippen LogP contribution in [0.25, 0.3) is 0 Å². The van der Waals surface area contributed by atoms with Gasteiger partial charge in [0.1, 0.15) is 0 Å². The Balaban J connectivity index is 2.09. The van der Waals surface area contributed by atoms with E-state index in [4.69, 9.17) is 4.74 Å². The third-order valence-electron chi connectivity index (χ3n) is 3.48. The highest BCUT2D eigenvalue weighted by atomic mass is 16.5. The first-order valence-corrected chi connectivity index (χ1v) is 6.59. The molecule has 4 heteroatoms. The fraction of sp³-hybridized carbons (Fsp3) is 0.923. The zero-order valence-corrected chi connectivity index (χ0v) is 11.4. The van der Waals surface area contributed by atoms with Crippen LogP contribution in [0.2, 0.25) is 0 Å². The Labute approximate surface area is 105 Å². The van der Waals surface area contributed by atoms with Crippen molar-refractivity contribution in [2.24, 2.45) is 5.92 Å². The molecule has 0 aliphatic heterocycles. The molecule has 0 bridgehead atoms. The van der Waals surface area contributed by atoms with Gasteiger partial charge in [-0.15, -0.1) is 0 Å². The van der Waals surface area contributed by atoms with Gasteiger partial charge in [-0.3, -0.25) is 4.79 Å². The maximum absolute atomic E-state index is 11.4. The second kappa shape index (κ2) is 7.67.